The molecule has 0 aliphatic carbocycles. The lowest BCUT2D eigenvalue weighted by Gasteiger charge is -2.25. The summed E-state index contributed by atoms with van der Waals surface area (Å²) in [6.45, 7) is -0.602. The number of methoxy groups -OCH3 is 1. The molecule has 1 N–H and O–H groups in total. The number of benzene rings is 3. The highest BCUT2D eigenvalue weighted by Crippen LogP contribution is 2.35. The van der Waals surface area contributed by atoms with Crippen LogP contribution in [0.25, 0.3) is 11.3 Å². The van der Waals surface area contributed by atoms with Crippen molar-refractivity contribution in [2.24, 2.45) is 5.10 Å². The summed E-state index contributed by atoms with van der Waals surface area (Å²) in [5.74, 6) is 0.314. The second kappa shape index (κ2) is 11.9. The number of carbonyl (C=O) groups is 1. The average molecular weight is 593 g/mol. The van der Waals surface area contributed by atoms with E-state index >= 15 is 0 Å². The number of ether oxygens (including phenoxy) is 1. The first-order valence-corrected chi connectivity index (χ1v) is 13.5. The Labute approximate surface area is 234 Å². The van der Waals surface area contributed by atoms with Crippen molar-refractivity contribution >= 4 is 62.6 Å². The summed E-state index contributed by atoms with van der Waals surface area (Å²) < 4.78 is 39.0. The Morgan fingerprint density at radius 2 is 1.71 bits per heavy atom. The molecule has 0 radical (unpaired) electrons. The van der Waals surface area contributed by atoms with Crippen molar-refractivity contribution in [3.05, 3.63) is 99.7 Å². The lowest BCUT2D eigenvalue weighted by molar-refractivity contribution is -0.119. The molecule has 0 unspecified atom stereocenters. The number of hydrogen-bond donors (Lipinski definition) is 1. The molecule has 0 fully saturated rings. The summed E-state index contributed by atoms with van der Waals surface area (Å²) in [6, 6.07) is 20.5. The molecule has 1 amide bonds. The van der Waals surface area contributed by atoms with Crippen LogP contribution in [0.3, 0.4) is 0 Å². The number of sulfonamides is 1. The zero-order valence-corrected chi connectivity index (χ0v) is 22.9. The van der Waals surface area contributed by atoms with Gasteiger partial charge in [-0.3, -0.25) is 9.10 Å². The van der Waals surface area contributed by atoms with Crippen molar-refractivity contribution in [3.63, 3.8) is 0 Å². The number of nitrogens with zero attached hydrogens (tertiary/aromatic N) is 2. The van der Waals surface area contributed by atoms with Crippen molar-refractivity contribution in [1.82, 2.24) is 5.43 Å². The number of amides is 1. The number of hydrogen-bond acceptors (Lipinski definition) is 6. The third-order valence-electron chi connectivity index (χ3n) is 5.23. The Balaban J connectivity index is 1.55. The first-order valence-electron chi connectivity index (χ1n) is 11.0. The second-order valence-electron chi connectivity index (χ2n) is 7.76. The van der Waals surface area contributed by atoms with Crippen LogP contribution in [0.1, 0.15) is 5.76 Å². The molecule has 0 atom stereocenters. The number of carbonyl (C=O) groups excluding carboxylic acids is 1. The lowest BCUT2D eigenvalue weighted by Crippen LogP contribution is -2.39. The van der Waals surface area contributed by atoms with Gasteiger partial charge < -0.3 is 9.15 Å². The van der Waals surface area contributed by atoms with E-state index in [-0.39, 0.29) is 21.4 Å². The zero-order valence-electron chi connectivity index (χ0n) is 19.8. The molecule has 0 aliphatic rings. The van der Waals surface area contributed by atoms with E-state index in [0.717, 1.165) is 4.31 Å². The molecule has 12 heteroatoms. The maximum absolute atomic E-state index is 13.5. The van der Waals surface area contributed by atoms with Crippen LogP contribution in [0, 0.1) is 0 Å². The van der Waals surface area contributed by atoms with Crippen LogP contribution in [0.2, 0.25) is 15.1 Å². The van der Waals surface area contributed by atoms with Gasteiger partial charge in [-0.15, -0.1) is 0 Å². The highest BCUT2D eigenvalue weighted by Gasteiger charge is 2.29. The molecule has 196 valence electrons. The Kier molecular flexibility index (Phi) is 8.63. The van der Waals surface area contributed by atoms with Gasteiger partial charge in [0.2, 0.25) is 0 Å². The number of nitrogens with one attached hydrogen (secondary N) is 1. The predicted molar refractivity (Wildman–Crippen MR) is 149 cm³/mol. The number of rotatable bonds is 9. The minimum absolute atomic E-state index is 0.0118. The topological polar surface area (TPSA) is 101 Å². The van der Waals surface area contributed by atoms with E-state index < -0.39 is 22.5 Å². The van der Waals surface area contributed by atoms with Gasteiger partial charge >= 0.3 is 0 Å². The molecule has 4 rings (SSSR count). The van der Waals surface area contributed by atoms with Gasteiger partial charge in [-0.1, -0.05) is 53.0 Å². The fourth-order valence-corrected chi connectivity index (χ4v) is 5.58. The lowest BCUT2D eigenvalue weighted by atomic mass is 10.2. The van der Waals surface area contributed by atoms with Crippen molar-refractivity contribution in [2.75, 3.05) is 18.0 Å². The van der Waals surface area contributed by atoms with Crippen molar-refractivity contribution < 1.29 is 22.4 Å². The van der Waals surface area contributed by atoms with Crippen molar-refractivity contribution in [3.8, 4) is 17.1 Å². The van der Waals surface area contributed by atoms with Crippen LogP contribution in [0.4, 0.5) is 5.69 Å². The summed E-state index contributed by atoms with van der Waals surface area (Å²) in [4.78, 5) is 12.8. The molecule has 0 spiro atoms. The van der Waals surface area contributed by atoms with Gasteiger partial charge in [0.25, 0.3) is 15.9 Å². The molecular weight excluding hydrogens is 573 g/mol. The van der Waals surface area contributed by atoms with E-state index in [1.165, 1.54) is 37.6 Å². The van der Waals surface area contributed by atoms with Gasteiger partial charge in [0.15, 0.2) is 0 Å². The first-order chi connectivity index (χ1) is 18.2. The summed E-state index contributed by atoms with van der Waals surface area (Å²) in [6.07, 6.45) is 1.28. The number of halogens is 3. The normalized spacial score (nSPS) is 11.5. The molecule has 1 heterocycles. The van der Waals surface area contributed by atoms with Crippen LogP contribution >= 0.6 is 34.8 Å². The molecule has 4 aromatic rings. The molecule has 0 bridgehead atoms. The van der Waals surface area contributed by atoms with Gasteiger partial charge in [0.1, 0.15) is 23.8 Å². The molecule has 8 nitrogen and oxygen atoms in total. The molecule has 38 heavy (non-hydrogen) atoms. The highest BCUT2D eigenvalue weighted by molar-refractivity contribution is 7.92. The van der Waals surface area contributed by atoms with E-state index in [0.29, 0.717) is 27.1 Å². The van der Waals surface area contributed by atoms with Crippen LogP contribution in [0.5, 0.6) is 5.75 Å². The summed E-state index contributed by atoms with van der Waals surface area (Å²) in [7, 11) is -2.78. The van der Waals surface area contributed by atoms with E-state index in [2.05, 4.69) is 10.5 Å². The quantitative estimate of drug-likeness (QED) is 0.183. The molecule has 0 aliphatic heterocycles. The first kappa shape index (κ1) is 27.5. The van der Waals surface area contributed by atoms with E-state index in [4.69, 9.17) is 44.0 Å². The number of furan rings is 1. The number of anilines is 1. The molecule has 0 saturated carbocycles. The third-order valence-corrected chi connectivity index (χ3v) is 7.79. The van der Waals surface area contributed by atoms with Crippen molar-refractivity contribution in [2.45, 2.75) is 4.90 Å². The monoisotopic (exact) mass is 591 g/mol. The molecular formula is C26H20Cl3N3O5S. The Morgan fingerprint density at radius 3 is 2.42 bits per heavy atom. The van der Waals surface area contributed by atoms with Gasteiger partial charge in [-0.2, -0.15) is 5.10 Å². The second-order valence-corrected chi connectivity index (χ2v) is 10.9. The smallest absolute Gasteiger partial charge is 0.264 e. The molecule has 1 aromatic heterocycles. The van der Waals surface area contributed by atoms with Crippen LogP contribution in [-0.4, -0.2) is 34.2 Å². The average Bonchev–Trinajstić information content (AvgIpc) is 3.36. The highest BCUT2D eigenvalue weighted by atomic mass is 35.5. The minimum atomic E-state index is -4.17. The zero-order chi connectivity index (χ0) is 27.3. The van der Waals surface area contributed by atoms with Gasteiger partial charge in [0.05, 0.1) is 28.9 Å². The van der Waals surface area contributed by atoms with Crippen LogP contribution in [-0.2, 0) is 14.8 Å². The summed E-state index contributed by atoms with van der Waals surface area (Å²) in [5, 5.41) is 5.07. The largest absolute Gasteiger partial charge is 0.495 e. The fourth-order valence-electron chi connectivity index (χ4n) is 3.47. The van der Waals surface area contributed by atoms with E-state index in [1.807, 2.05) is 0 Å². The Morgan fingerprint density at radius 1 is 1.00 bits per heavy atom. The standard InChI is InChI=1S/C26H20Cl3N3O5S/c1-36-25-11-8-18(28)14-23(25)32(38(34,35)20-5-3-2-4-6-20)16-26(33)31-30-15-19-9-12-24(37-19)21-10-7-17(27)13-22(21)29/h2-15H,16H2,1H3,(H,31,33)/b30-15-. The SMILES string of the molecule is COc1ccc(Cl)cc1N(CC(=O)N/N=C\c1ccc(-c2ccc(Cl)cc2Cl)o1)S(=O)(=O)c1ccccc1. The summed E-state index contributed by atoms with van der Waals surface area (Å²) in [5.41, 5.74) is 3.05. The summed E-state index contributed by atoms with van der Waals surface area (Å²) >= 11 is 18.3. The Hall–Kier alpha value is -3.50. The van der Waals surface area contributed by atoms with Crippen LogP contribution < -0.4 is 14.5 Å². The minimum Gasteiger partial charge on any atom is -0.495 e. The van der Waals surface area contributed by atoms with E-state index in [1.54, 1.807) is 54.6 Å². The third kappa shape index (κ3) is 6.31. The maximum Gasteiger partial charge on any atom is 0.264 e. The van der Waals surface area contributed by atoms with Crippen molar-refractivity contribution in [1.29, 1.82) is 0 Å². The molecule has 3 aromatic carbocycles. The predicted octanol–water partition coefficient (Wildman–Crippen LogP) is 6.26. The maximum atomic E-state index is 13.5. The van der Waals surface area contributed by atoms with Gasteiger partial charge in [-0.05, 0) is 60.7 Å². The fraction of sp³-hybridized carbons (Fsp3) is 0.0769. The van der Waals surface area contributed by atoms with Crippen LogP contribution in [0.15, 0.2) is 93.3 Å². The Bertz CT molecular complexity index is 1590. The molecule has 0 saturated heterocycles. The van der Waals surface area contributed by atoms with Gasteiger partial charge in [-0.25, -0.2) is 13.8 Å². The van der Waals surface area contributed by atoms with E-state index in [9.17, 15) is 13.2 Å². The number of hydrazone groups is 1. The van der Waals surface area contributed by atoms with Gasteiger partial charge in [0, 0.05) is 15.6 Å².